The molecule has 21 heavy (non-hydrogen) atoms. The Morgan fingerprint density at radius 2 is 2.10 bits per heavy atom. The lowest BCUT2D eigenvalue weighted by Crippen LogP contribution is -2.64. The van der Waals surface area contributed by atoms with Crippen molar-refractivity contribution in [2.75, 3.05) is 13.1 Å². The standard InChI is InChI=1S/C17H28BrN3/c1-5-17(6-2)12-20-16(13(3)4)11-21(17)10-14-7-15(18)9-19-8-14/h7-9,13,16,20H,5-6,10-12H2,1-4H3. The highest BCUT2D eigenvalue weighted by molar-refractivity contribution is 9.10. The number of halogens is 1. The first kappa shape index (κ1) is 16.9. The van der Waals surface area contributed by atoms with E-state index < -0.39 is 0 Å². The van der Waals surface area contributed by atoms with Crippen LogP contribution in [0.25, 0.3) is 0 Å². The van der Waals surface area contributed by atoms with Crippen molar-refractivity contribution >= 4 is 15.9 Å². The minimum atomic E-state index is 0.272. The molecule has 1 N–H and O–H groups in total. The zero-order valence-electron chi connectivity index (χ0n) is 13.7. The Morgan fingerprint density at radius 3 is 2.67 bits per heavy atom. The maximum atomic E-state index is 4.31. The topological polar surface area (TPSA) is 28.2 Å². The van der Waals surface area contributed by atoms with Crippen LogP contribution in [-0.2, 0) is 6.54 Å². The van der Waals surface area contributed by atoms with E-state index in [0.29, 0.717) is 12.0 Å². The molecule has 118 valence electrons. The smallest absolute Gasteiger partial charge is 0.0410 e. The van der Waals surface area contributed by atoms with Crippen molar-refractivity contribution in [1.82, 2.24) is 15.2 Å². The molecule has 0 bridgehead atoms. The minimum Gasteiger partial charge on any atom is -0.311 e. The maximum Gasteiger partial charge on any atom is 0.0410 e. The molecule has 1 aliphatic heterocycles. The van der Waals surface area contributed by atoms with Crippen molar-refractivity contribution in [3.8, 4) is 0 Å². The SMILES string of the molecule is CCC1(CC)CNC(C(C)C)CN1Cc1cncc(Br)c1. The van der Waals surface area contributed by atoms with Gasteiger partial charge in [0.2, 0.25) is 0 Å². The lowest BCUT2D eigenvalue weighted by atomic mass is 9.85. The van der Waals surface area contributed by atoms with Gasteiger partial charge in [0.1, 0.15) is 0 Å². The third-order valence-electron chi connectivity index (χ3n) is 5.04. The van der Waals surface area contributed by atoms with E-state index in [1.807, 2.05) is 12.4 Å². The Balaban J connectivity index is 2.20. The van der Waals surface area contributed by atoms with Gasteiger partial charge in [-0.1, -0.05) is 27.7 Å². The molecule has 1 aromatic rings. The molecule has 1 saturated heterocycles. The van der Waals surface area contributed by atoms with Gasteiger partial charge in [-0.3, -0.25) is 9.88 Å². The highest BCUT2D eigenvalue weighted by atomic mass is 79.9. The van der Waals surface area contributed by atoms with Gasteiger partial charge in [-0.25, -0.2) is 0 Å². The molecule has 2 heterocycles. The third kappa shape index (κ3) is 3.85. The first-order chi connectivity index (χ1) is 10.0. The summed E-state index contributed by atoms with van der Waals surface area (Å²) in [6, 6.07) is 2.77. The summed E-state index contributed by atoms with van der Waals surface area (Å²) in [6.07, 6.45) is 6.21. The predicted octanol–water partition coefficient (Wildman–Crippen LogP) is 3.83. The highest BCUT2D eigenvalue weighted by Gasteiger charge is 2.39. The zero-order chi connectivity index (χ0) is 15.5. The molecule has 1 aliphatic rings. The normalized spacial score (nSPS) is 22.7. The summed E-state index contributed by atoms with van der Waals surface area (Å²) in [5.74, 6) is 0.667. The Bertz CT molecular complexity index is 457. The van der Waals surface area contributed by atoms with Gasteiger partial charge >= 0.3 is 0 Å². The van der Waals surface area contributed by atoms with Crippen LogP contribution >= 0.6 is 15.9 Å². The van der Waals surface area contributed by atoms with Gasteiger partial charge in [-0.15, -0.1) is 0 Å². The van der Waals surface area contributed by atoms with Crippen molar-refractivity contribution in [2.24, 2.45) is 5.92 Å². The van der Waals surface area contributed by atoms with E-state index in [-0.39, 0.29) is 5.54 Å². The summed E-state index contributed by atoms with van der Waals surface area (Å²) >= 11 is 3.53. The van der Waals surface area contributed by atoms with E-state index in [4.69, 9.17) is 0 Å². The van der Waals surface area contributed by atoms with Crippen molar-refractivity contribution in [3.05, 3.63) is 28.5 Å². The molecule has 3 nitrogen and oxygen atoms in total. The fraction of sp³-hybridized carbons (Fsp3) is 0.706. The van der Waals surface area contributed by atoms with Crippen molar-refractivity contribution < 1.29 is 0 Å². The fourth-order valence-corrected chi connectivity index (χ4v) is 3.73. The monoisotopic (exact) mass is 353 g/mol. The predicted molar refractivity (Wildman–Crippen MR) is 92.3 cm³/mol. The number of hydrogen-bond acceptors (Lipinski definition) is 3. The van der Waals surface area contributed by atoms with E-state index >= 15 is 0 Å². The molecule has 1 unspecified atom stereocenters. The second-order valence-electron chi connectivity index (χ2n) is 6.55. The molecule has 0 amide bonds. The number of rotatable bonds is 5. The largest absolute Gasteiger partial charge is 0.311 e. The van der Waals surface area contributed by atoms with Gasteiger partial charge < -0.3 is 5.32 Å². The van der Waals surface area contributed by atoms with Crippen LogP contribution in [0.2, 0.25) is 0 Å². The summed E-state index contributed by atoms with van der Waals surface area (Å²) in [7, 11) is 0. The first-order valence-electron chi connectivity index (χ1n) is 8.08. The van der Waals surface area contributed by atoms with E-state index in [9.17, 15) is 0 Å². The first-order valence-corrected chi connectivity index (χ1v) is 8.88. The quantitative estimate of drug-likeness (QED) is 0.871. The molecule has 0 radical (unpaired) electrons. The van der Waals surface area contributed by atoms with Gasteiger partial charge in [-0.2, -0.15) is 0 Å². The Labute approximate surface area is 137 Å². The van der Waals surface area contributed by atoms with Gasteiger partial charge in [0, 0.05) is 48.1 Å². The number of nitrogens with zero attached hydrogens (tertiary/aromatic N) is 2. The molecular weight excluding hydrogens is 326 g/mol. The molecule has 0 spiro atoms. The second-order valence-corrected chi connectivity index (χ2v) is 7.47. The Kier molecular flexibility index (Phi) is 5.81. The summed E-state index contributed by atoms with van der Waals surface area (Å²) in [5.41, 5.74) is 1.56. The lowest BCUT2D eigenvalue weighted by molar-refractivity contribution is 0.0155. The van der Waals surface area contributed by atoms with E-state index in [0.717, 1.165) is 24.1 Å². The number of nitrogens with one attached hydrogen (secondary N) is 1. The fourth-order valence-electron chi connectivity index (χ4n) is 3.32. The molecule has 1 atom stereocenters. The van der Waals surface area contributed by atoms with Gasteiger partial charge in [0.15, 0.2) is 0 Å². The minimum absolute atomic E-state index is 0.272. The van der Waals surface area contributed by atoms with E-state index in [1.165, 1.54) is 18.4 Å². The average Bonchev–Trinajstić information content (AvgIpc) is 2.47. The highest BCUT2D eigenvalue weighted by Crippen LogP contribution is 2.30. The van der Waals surface area contributed by atoms with Gasteiger partial charge in [0.25, 0.3) is 0 Å². The summed E-state index contributed by atoms with van der Waals surface area (Å²) < 4.78 is 1.06. The molecule has 4 heteroatoms. The van der Waals surface area contributed by atoms with Crippen LogP contribution in [0.3, 0.4) is 0 Å². The van der Waals surface area contributed by atoms with Crippen molar-refractivity contribution in [2.45, 2.75) is 58.7 Å². The summed E-state index contributed by atoms with van der Waals surface area (Å²) in [6.45, 7) is 12.4. The number of pyridine rings is 1. The molecule has 0 aromatic carbocycles. The van der Waals surface area contributed by atoms with E-state index in [1.54, 1.807) is 0 Å². The average molecular weight is 354 g/mol. The van der Waals surface area contributed by atoms with Crippen LogP contribution in [0.1, 0.15) is 46.1 Å². The maximum absolute atomic E-state index is 4.31. The number of aromatic nitrogens is 1. The summed E-state index contributed by atoms with van der Waals surface area (Å²) in [4.78, 5) is 6.99. The Morgan fingerprint density at radius 1 is 1.38 bits per heavy atom. The Hall–Kier alpha value is -0.450. The molecular formula is C17H28BrN3. The molecule has 1 aromatic heterocycles. The third-order valence-corrected chi connectivity index (χ3v) is 5.47. The number of piperazine rings is 1. The van der Waals surface area contributed by atoms with Gasteiger partial charge in [-0.05, 0) is 46.3 Å². The van der Waals surface area contributed by atoms with Crippen LogP contribution in [0.15, 0.2) is 22.9 Å². The molecule has 0 aliphatic carbocycles. The van der Waals surface area contributed by atoms with Crippen LogP contribution in [-0.4, -0.2) is 34.6 Å². The molecule has 0 saturated carbocycles. The van der Waals surface area contributed by atoms with Gasteiger partial charge in [0.05, 0.1) is 0 Å². The van der Waals surface area contributed by atoms with Crippen molar-refractivity contribution in [3.63, 3.8) is 0 Å². The van der Waals surface area contributed by atoms with Crippen LogP contribution < -0.4 is 5.32 Å². The van der Waals surface area contributed by atoms with Crippen LogP contribution in [0.5, 0.6) is 0 Å². The molecule has 2 rings (SSSR count). The van der Waals surface area contributed by atoms with Crippen molar-refractivity contribution in [1.29, 1.82) is 0 Å². The summed E-state index contributed by atoms with van der Waals surface area (Å²) in [5, 5.41) is 3.77. The number of hydrogen-bond donors (Lipinski definition) is 1. The van der Waals surface area contributed by atoms with Crippen LogP contribution in [0, 0.1) is 5.92 Å². The van der Waals surface area contributed by atoms with E-state index in [2.05, 4.69) is 64.9 Å². The lowest BCUT2D eigenvalue weighted by Gasteiger charge is -2.50. The molecule has 1 fully saturated rings. The second kappa shape index (κ2) is 7.21. The zero-order valence-corrected chi connectivity index (χ0v) is 15.3. The van der Waals surface area contributed by atoms with Crippen LogP contribution in [0.4, 0.5) is 0 Å².